The van der Waals surface area contributed by atoms with Crippen molar-refractivity contribution in [1.82, 2.24) is 0 Å². The molecule has 114 valence electrons. The Hall–Kier alpha value is -1.94. The van der Waals surface area contributed by atoms with Gasteiger partial charge in [0.2, 0.25) is 0 Å². The molecule has 0 aliphatic heterocycles. The lowest BCUT2D eigenvalue weighted by atomic mass is 10.0. The van der Waals surface area contributed by atoms with Crippen molar-refractivity contribution < 1.29 is 13.9 Å². The predicted octanol–water partition coefficient (Wildman–Crippen LogP) is 3.69. The third kappa shape index (κ3) is 3.58. The van der Waals surface area contributed by atoms with Gasteiger partial charge in [0.15, 0.2) is 11.5 Å². The van der Waals surface area contributed by atoms with Gasteiger partial charge < -0.3 is 19.6 Å². The highest BCUT2D eigenvalue weighted by molar-refractivity contribution is 5.45. The maximum Gasteiger partial charge on any atom is 0.161 e. The van der Waals surface area contributed by atoms with Gasteiger partial charge in [0, 0.05) is 6.42 Å². The fraction of sp³-hybridized carbons (Fsp3) is 0.412. The van der Waals surface area contributed by atoms with Gasteiger partial charge in [-0.2, -0.15) is 0 Å². The van der Waals surface area contributed by atoms with Gasteiger partial charge in [-0.3, -0.25) is 0 Å². The second kappa shape index (κ2) is 7.18. The highest BCUT2D eigenvalue weighted by Crippen LogP contribution is 2.32. The fourth-order valence-corrected chi connectivity index (χ4v) is 2.18. The standard InChI is InChI=1S/C17H23NO3/c1-4-13-8-10-15(21-13)17(18)12-7-9-14(19-5-2)16(11-12)20-6-3/h7-11,17H,4-6,18H2,1-3H3. The van der Waals surface area contributed by atoms with E-state index in [9.17, 15) is 0 Å². The zero-order chi connectivity index (χ0) is 15.2. The third-order valence-corrected chi connectivity index (χ3v) is 3.26. The summed E-state index contributed by atoms with van der Waals surface area (Å²) in [6, 6.07) is 9.36. The minimum atomic E-state index is -0.305. The van der Waals surface area contributed by atoms with Crippen molar-refractivity contribution in [2.75, 3.05) is 13.2 Å². The minimum Gasteiger partial charge on any atom is -0.490 e. The molecular formula is C17H23NO3. The van der Waals surface area contributed by atoms with Crippen LogP contribution in [0.15, 0.2) is 34.7 Å². The summed E-state index contributed by atoms with van der Waals surface area (Å²) in [7, 11) is 0. The van der Waals surface area contributed by atoms with Crippen LogP contribution in [0.1, 0.15) is 43.9 Å². The molecule has 1 aromatic heterocycles. The molecule has 2 N–H and O–H groups in total. The van der Waals surface area contributed by atoms with Crippen molar-refractivity contribution >= 4 is 0 Å². The summed E-state index contributed by atoms with van der Waals surface area (Å²) in [6.45, 7) is 7.13. The lowest BCUT2D eigenvalue weighted by Gasteiger charge is -2.15. The first-order chi connectivity index (χ1) is 10.2. The Balaban J connectivity index is 2.27. The van der Waals surface area contributed by atoms with Crippen LogP contribution in [0.3, 0.4) is 0 Å². The SMILES string of the molecule is CCOc1ccc(C(N)c2ccc(CC)o2)cc1OCC. The number of aryl methyl sites for hydroxylation is 1. The molecule has 0 spiro atoms. The van der Waals surface area contributed by atoms with Crippen LogP contribution in [0, 0.1) is 0 Å². The van der Waals surface area contributed by atoms with E-state index in [-0.39, 0.29) is 6.04 Å². The van der Waals surface area contributed by atoms with Gasteiger partial charge in [0.25, 0.3) is 0 Å². The monoisotopic (exact) mass is 289 g/mol. The first kappa shape index (κ1) is 15.4. The average molecular weight is 289 g/mol. The van der Waals surface area contributed by atoms with E-state index in [1.54, 1.807) is 0 Å². The quantitative estimate of drug-likeness (QED) is 0.844. The van der Waals surface area contributed by atoms with Gasteiger partial charge in [-0.25, -0.2) is 0 Å². The molecule has 1 atom stereocenters. The molecule has 21 heavy (non-hydrogen) atoms. The van der Waals surface area contributed by atoms with Gasteiger partial charge in [0.05, 0.1) is 19.3 Å². The molecule has 2 aromatic rings. The average Bonchev–Trinajstić information content (AvgIpc) is 2.98. The van der Waals surface area contributed by atoms with Crippen LogP contribution in [0.2, 0.25) is 0 Å². The molecular weight excluding hydrogens is 266 g/mol. The van der Waals surface area contributed by atoms with Crippen LogP contribution >= 0.6 is 0 Å². The number of hydrogen-bond donors (Lipinski definition) is 1. The van der Waals surface area contributed by atoms with Gasteiger partial charge in [0.1, 0.15) is 11.5 Å². The van der Waals surface area contributed by atoms with Crippen LogP contribution in [0.5, 0.6) is 11.5 Å². The number of ether oxygens (including phenoxy) is 2. The molecule has 1 heterocycles. The Bertz CT molecular complexity index is 577. The van der Waals surface area contributed by atoms with Crippen LogP contribution in [-0.2, 0) is 6.42 Å². The van der Waals surface area contributed by atoms with Gasteiger partial charge in [-0.1, -0.05) is 13.0 Å². The van der Waals surface area contributed by atoms with Gasteiger partial charge in [-0.15, -0.1) is 0 Å². The molecule has 4 nitrogen and oxygen atoms in total. The Labute approximate surface area is 125 Å². The normalized spacial score (nSPS) is 12.2. The Morgan fingerprint density at radius 3 is 2.33 bits per heavy atom. The Morgan fingerprint density at radius 1 is 1.00 bits per heavy atom. The van der Waals surface area contributed by atoms with E-state index in [0.29, 0.717) is 13.2 Å². The van der Waals surface area contributed by atoms with Crippen LogP contribution in [0.4, 0.5) is 0 Å². The number of hydrogen-bond acceptors (Lipinski definition) is 4. The lowest BCUT2D eigenvalue weighted by molar-refractivity contribution is 0.287. The van der Waals surface area contributed by atoms with Gasteiger partial charge in [-0.05, 0) is 43.7 Å². The summed E-state index contributed by atoms with van der Waals surface area (Å²) in [5.74, 6) is 3.16. The molecule has 0 aliphatic rings. The van der Waals surface area contributed by atoms with Crippen molar-refractivity contribution in [3.05, 3.63) is 47.4 Å². The van der Waals surface area contributed by atoms with E-state index in [4.69, 9.17) is 19.6 Å². The highest BCUT2D eigenvalue weighted by Gasteiger charge is 2.16. The summed E-state index contributed by atoms with van der Waals surface area (Å²) in [4.78, 5) is 0. The minimum absolute atomic E-state index is 0.305. The smallest absolute Gasteiger partial charge is 0.161 e. The van der Waals surface area contributed by atoms with Crippen molar-refractivity contribution in [2.45, 2.75) is 33.2 Å². The second-order valence-corrected chi connectivity index (χ2v) is 4.71. The number of benzene rings is 1. The Kier molecular flexibility index (Phi) is 5.28. The molecule has 0 aliphatic carbocycles. The molecule has 0 amide bonds. The predicted molar refractivity (Wildman–Crippen MR) is 82.9 cm³/mol. The van der Waals surface area contributed by atoms with E-state index < -0.39 is 0 Å². The zero-order valence-corrected chi connectivity index (χ0v) is 12.9. The van der Waals surface area contributed by atoms with E-state index in [2.05, 4.69) is 6.92 Å². The highest BCUT2D eigenvalue weighted by atomic mass is 16.5. The first-order valence-corrected chi connectivity index (χ1v) is 7.43. The molecule has 0 saturated heterocycles. The molecule has 4 heteroatoms. The molecule has 0 radical (unpaired) electrons. The molecule has 0 fully saturated rings. The van der Waals surface area contributed by atoms with Crippen LogP contribution in [0.25, 0.3) is 0 Å². The van der Waals surface area contributed by atoms with Crippen LogP contribution in [-0.4, -0.2) is 13.2 Å². The molecule has 1 aromatic carbocycles. The molecule has 2 rings (SSSR count). The Morgan fingerprint density at radius 2 is 1.71 bits per heavy atom. The van der Waals surface area contributed by atoms with Crippen molar-refractivity contribution in [3.8, 4) is 11.5 Å². The zero-order valence-electron chi connectivity index (χ0n) is 12.9. The van der Waals surface area contributed by atoms with E-state index in [0.717, 1.165) is 35.0 Å². The van der Waals surface area contributed by atoms with Crippen molar-refractivity contribution in [1.29, 1.82) is 0 Å². The van der Waals surface area contributed by atoms with E-state index in [1.165, 1.54) is 0 Å². The molecule has 0 bridgehead atoms. The number of furan rings is 1. The number of nitrogens with two attached hydrogens (primary N) is 1. The van der Waals surface area contributed by atoms with Crippen LogP contribution < -0.4 is 15.2 Å². The van der Waals surface area contributed by atoms with Gasteiger partial charge >= 0.3 is 0 Å². The van der Waals surface area contributed by atoms with Crippen molar-refractivity contribution in [2.24, 2.45) is 5.73 Å². The summed E-state index contributed by atoms with van der Waals surface area (Å²) in [5, 5.41) is 0. The fourth-order valence-electron chi connectivity index (χ4n) is 2.18. The van der Waals surface area contributed by atoms with Crippen molar-refractivity contribution in [3.63, 3.8) is 0 Å². The largest absolute Gasteiger partial charge is 0.490 e. The first-order valence-electron chi connectivity index (χ1n) is 7.43. The summed E-state index contributed by atoms with van der Waals surface area (Å²) in [6.07, 6.45) is 0.861. The lowest BCUT2D eigenvalue weighted by Crippen LogP contribution is -2.11. The summed E-state index contributed by atoms with van der Waals surface area (Å²) >= 11 is 0. The second-order valence-electron chi connectivity index (χ2n) is 4.71. The maximum atomic E-state index is 6.28. The third-order valence-electron chi connectivity index (χ3n) is 3.26. The molecule has 1 unspecified atom stereocenters. The van der Waals surface area contributed by atoms with E-state index in [1.807, 2.05) is 44.2 Å². The number of rotatable bonds is 7. The summed E-state index contributed by atoms with van der Waals surface area (Å²) in [5.41, 5.74) is 7.23. The maximum absolute atomic E-state index is 6.28. The topological polar surface area (TPSA) is 57.6 Å². The molecule has 0 saturated carbocycles. The summed E-state index contributed by atoms with van der Waals surface area (Å²) < 4.78 is 16.9. The van der Waals surface area contributed by atoms with E-state index >= 15 is 0 Å².